The lowest BCUT2D eigenvalue weighted by Gasteiger charge is -2.32. The number of hydrogen-bond acceptors (Lipinski definition) is 7. The van der Waals surface area contributed by atoms with Crippen molar-refractivity contribution in [2.75, 3.05) is 43.4 Å². The molecule has 2 aromatic carbocycles. The van der Waals surface area contributed by atoms with Crippen molar-refractivity contribution in [2.45, 2.75) is 13.0 Å². The lowest BCUT2D eigenvalue weighted by atomic mass is 10.1. The van der Waals surface area contributed by atoms with Crippen LogP contribution in [0.25, 0.3) is 21.8 Å². The van der Waals surface area contributed by atoms with Gasteiger partial charge in [0.05, 0.1) is 22.3 Å². The Balaban J connectivity index is 1.49. The molecule has 1 saturated heterocycles. The van der Waals surface area contributed by atoms with Crippen LogP contribution in [0.2, 0.25) is 0 Å². The fraction of sp³-hybridized carbons (Fsp3) is 0.269. The summed E-state index contributed by atoms with van der Waals surface area (Å²) in [4.78, 5) is 19.9. The van der Waals surface area contributed by atoms with Crippen LogP contribution in [-0.2, 0) is 0 Å². The number of likely N-dealkylation sites (N-methyl/N-ethyl adjacent to an activating group) is 1. The van der Waals surface area contributed by atoms with E-state index in [0.717, 1.165) is 53.1 Å². The zero-order chi connectivity index (χ0) is 23.5. The van der Waals surface area contributed by atoms with Gasteiger partial charge in [-0.3, -0.25) is 0 Å². The summed E-state index contributed by atoms with van der Waals surface area (Å²) in [6, 6.07) is 18.7. The molecule has 1 aliphatic heterocycles. The second-order valence-corrected chi connectivity index (χ2v) is 9.49. The molecule has 6 nitrogen and oxygen atoms in total. The maximum absolute atomic E-state index is 13.6. The highest BCUT2D eigenvalue weighted by Crippen LogP contribution is 2.40. The predicted octanol–water partition coefficient (Wildman–Crippen LogP) is 5.33. The molecular weight excluding hydrogens is 447 g/mol. The lowest BCUT2D eigenvalue weighted by molar-refractivity contribution is 0.313. The Bertz CT molecular complexity index is 1240. The number of anilines is 2. The van der Waals surface area contributed by atoms with Crippen molar-refractivity contribution >= 4 is 22.4 Å². The summed E-state index contributed by atoms with van der Waals surface area (Å²) in [6.07, 6.45) is 1.77. The summed E-state index contributed by atoms with van der Waals surface area (Å²) in [5, 5.41) is 4.37. The normalized spacial score (nSPS) is 15.3. The highest BCUT2D eigenvalue weighted by atomic mass is 32.1. The topological polar surface area (TPSA) is 57.2 Å². The third-order valence-corrected chi connectivity index (χ3v) is 7.18. The summed E-state index contributed by atoms with van der Waals surface area (Å²) < 4.78 is 13.6. The van der Waals surface area contributed by atoms with Gasteiger partial charge in [-0.1, -0.05) is 41.7 Å². The van der Waals surface area contributed by atoms with E-state index < -0.39 is 0 Å². The third kappa shape index (κ3) is 4.93. The molecule has 0 bridgehead atoms. The van der Waals surface area contributed by atoms with E-state index in [1.165, 1.54) is 17.7 Å². The van der Waals surface area contributed by atoms with Crippen LogP contribution in [0.15, 0.2) is 66.9 Å². The molecule has 174 valence electrons. The van der Waals surface area contributed by atoms with Crippen molar-refractivity contribution in [2.24, 2.45) is 0 Å². The number of halogens is 1. The number of aromatic nitrogens is 3. The smallest absolute Gasteiger partial charge is 0.223 e. The van der Waals surface area contributed by atoms with Gasteiger partial charge in [0.1, 0.15) is 5.82 Å². The van der Waals surface area contributed by atoms with E-state index in [9.17, 15) is 4.39 Å². The average Bonchev–Trinajstić information content (AvgIpc) is 3.31. The number of benzene rings is 2. The Morgan fingerprint density at radius 2 is 1.68 bits per heavy atom. The van der Waals surface area contributed by atoms with Gasteiger partial charge in [-0.05, 0) is 49.9 Å². The van der Waals surface area contributed by atoms with Gasteiger partial charge in [0.15, 0.2) is 5.13 Å². The van der Waals surface area contributed by atoms with Gasteiger partial charge in [0.25, 0.3) is 0 Å². The number of nitrogens with one attached hydrogen (secondary N) is 1. The third-order valence-electron chi connectivity index (χ3n) is 6.04. The monoisotopic (exact) mass is 474 g/mol. The van der Waals surface area contributed by atoms with E-state index in [4.69, 9.17) is 9.97 Å². The second-order valence-electron chi connectivity index (χ2n) is 8.51. The SMILES string of the molecule is C[C@H](Nc1nccc(-c2sc(N3CCN(C)CC3)nc2-c2ccc(F)cc2)n1)c1ccccc1. The molecule has 1 atom stereocenters. The first kappa shape index (κ1) is 22.4. The van der Waals surface area contributed by atoms with E-state index in [1.54, 1.807) is 29.7 Å². The number of rotatable bonds is 6. The van der Waals surface area contributed by atoms with E-state index in [2.05, 4.69) is 46.2 Å². The first-order valence-corrected chi connectivity index (χ1v) is 12.2. The molecule has 2 aromatic heterocycles. The number of nitrogens with zero attached hydrogens (tertiary/aromatic N) is 5. The van der Waals surface area contributed by atoms with Crippen molar-refractivity contribution in [3.05, 3.63) is 78.2 Å². The molecule has 3 heterocycles. The molecule has 8 heteroatoms. The summed E-state index contributed by atoms with van der Waals surface area (Å²) in [6.45, 7) is 5.95. The van der Waals surface area contributed by atoms with Crippen molar-refractivity contribution in [3.8, 4) is 21.8 Å². The standard InChI is InChI=1S/C26H27FN6S/c1-18(19-6-4-3-5-7-19)29-25-28-13-12-22(30-25)24-23(20-8-10-21(27)11-9-20)31-26(34-24)33-16-14-32(2)15-17-33/h3-13,18H,14-17H2,1-2H3,(H,28,29,30)/t18-/m0/s1. The first-order chi connectivity index (χ1) is 16.6. The molecule has 1 fully saturated rings. The zero-order valence-corrected chi connectivity index (χ0v) is 20.1. The molecule has 1 aliphatic rings. The summed E-state index contributed by atoms with van der Waals surface area (Å²) in [7, 11) is 2.14. The van der Waals surface area contributed by atoms with Crippen LogP contribution >= 0.6 is 11.3 Å². The van der Waals surface area contributed by atoms with Gasteiger partial charge in [-0.25, -0.2) is 19.3 Å². The van der Waals surface area contributed by atoms with E-state index in [1.807, 2.05) is 24.3 Å². The number of piperazine rings is 1. The van der Waals surface area contributed by atoms with Crippen molar-refractivity contribution in [1.82, 2.24) is 19.9 Å². The molecule has 0 aliphatic carbocycles. The molecular formula is C26H27FN6S. The van der Waals surface area contributed by atoms with Crippen LogP contribution in [0.5, 0.6) is 0 Å². The van der Waals surface area contributed by atoms with E-state index in [-0.39, 0.29) is 11.9 Å². The quantitative estimate of drug-likeness (QED) is 0.408. The molecule has 0 amide bonds. The first-order valence-electron chi connectivity index (χ1n) is 11.4. The molecule has 34 heavy (non-hydrogen) atoms. The van der Waals surface area contributed by atoms with Gasteiger partial charge in [0, 0.05) is 37.9 Å². The number of hydrogen-bond donors (Lipinski definition) is 1. The van der Waals surface area contributed by atoms with Crippen LogP contribution in [0.1, 0.15) is 18.5 Å². The summed E-state index contributed by atoms with van der Waals surface area (Å²) >= 11 is 1.63. The minimum atomic E-state index is -0.261. The fourth-order valence-corrected chi connectivity index (χ4v) is 5.10. The largest absolute Gasteiger partial charge is 0.348 e. The minimum absolute atomic E-state index is 0.0652. The van der Waals surface area contributed by atoms with Gasteiger partial charge in [-0.2, -0.15) is 0 Å². The highest BCUT2D eigenvalue weighted by molar-refractivity contribution is 7.19. The summed E-state index contributed by atoms with van der Waals surface area (Å²) in [5.41, 5.74) is 3.66. The Morgan fingerprint density at radius 3 is 2.41 bits per heavy atom. The number of thiazole rings is 1. The van der Waals surface area contributed by atoms with Crippen molar-refractivity contribution < 1.29 is 4.39 Å². The second kappa shape index (κ2) is 9.87. The molecule has 0 radical (unpaired) electrons. The molecule has 0 spiro atoms. The van der Waals surface area contributed by atoms with Crippen molar-refractivity contribution in [3.63, 3.8) is 0 Å². The van der Waals surface area contributed by atoms with Gasteiger partial charge in [-0.15, -0.1) is 0 Å². The zero-order valence-electron chi connectivity index (χ0n) is 19.3. The minimum Gasteiger partial charge on any atom is -0.348 e. The lowest BCUT2D eigenvalue weighted by Crippen LogP contribution is -2.44. The Morgan fingerprint density at radius 1 is 0.941 bits per heavy atom. The maximum atomic E-state index is 13.6. The van der Waals surface area contributed by atoms with Crippen molar-refractivity contribution in [1.29, 1.82) is 0 Å². The molecule has 4 aromatic rings. The van der Waals surface area contributed by atoms with Gasteiger partial charge < -0.3 is 15.1 Å². The van der Waals surface area contributed by atoms with Crippen LogP contribution in [0, 0.1) is 5.82 Å². The van der Waals surface area contributed by atoms with E-state index >= 15 is 0 Å². The van der Waals surface area contributed by atoms with Crippen LogP contribution < -0.4 is 10.2 Å². The van der Waals surface area contributed by atoms with Crippen LogP contribution in [0.3, 0.4) is 0 Å². The Labute approximate surface area is 203 Å². The molecule has 1 N–H and O–H groups in total. The molecule has 0 saturated carbocycles. The van der Waals surface area contributed by atoms with Crippen LogP contribution in [0.4, 0.5) is 15.5 Å². The Hall–Kier alpha value is -3.36. The maximum Gasteiger partial charge on any atom is 0.223 e. The fourth-order valence-electron chi connectivity index (χ4n) is 3.99. The predicted molar refractivity (Wildman–Crippen MR) is 137 cm³/mol. The molecule has 0 unspecified atom stereocenters. The Kier molecular flexibility index (Phi) is 6.51. The van der Waals surface area contributed by atoms with Gasteiger partial charge in [0.2, 0.25) is 5.95 Å². The summed E-state index contributed by atoms with van der Waals surface area (Å²) in [5.74, 6) is 0.302. The average molecular weight is 475 g/mol. The van der Waals surface area contributed by atoms with E-state index in [0.29, 0.717) is 5.95 Å². The van der Waals surface area contributed by atoms with Gasteiger partial charge >= 0.3 is 0 Å². The van der Waals surface area contributed by atoms with Crippen LogP contribution in [-0.4, -0.2) is 53.1 Å². The highest BCUT2D eigenvalue weighted by Gasteiger charge is 2.22. The molecule has 5 rings (SSSR count).